The molecule has 0 spiro atoms. The Morgan fingerprint density at radius 3 is 2.34 bits per heavy atom. The van der Waals surface area contributed by atoms with E-state index < -0.39 is 22.8 Å². The largest absolute Gasteiger partial charge is 0.444 e. The van der Waals surface area contributed by atoms with E-state index in [-0.39, 0.29) is 23.9 Å². The van der Waals surface area contributed by atoms with Crippen LogP contribution in [0, 0.1) is 5.82 Å². The van der Waals surface area contributed by atoms with Crippen molar-refractivity contribution < 1.29 is 31.8 Å². The van der Waals surface area contributed by atoms with Crippen LogP contribution in [0.4, 0.5) is 22.4 Å². The maximum absolute atomic E-state index is 13.7. The molecule has 1 saturated heterocycles. The smallest absolute Gasteiger partial charge is 0.417 e. The number of hydrogen-bond acceptors (Lipinski definition) is 4. The van der Waals surface area contributed by atoms with Crippen molar-refractivity contribution in [2.24, 2.45) is 0 Å². The quantitative estimate of drug-likeness (QED) is 0.255. The summed E-state index contributed by atoms with van der Waals surface area (Å²) in [5.74, 6) is -0.335. The van der Waals surface area contributed by atoms with Gasteiger partial charge in [-0.2, -0.15) is 13.2 Å². The molecule has 0 aliphatic carbocycles. The zero-order valence-corrected chi connectivity index (χ0v) is 21.8. The summed E-state index contributed by atoms with van der Waals surface area (Å²) in [6.07, 6.45) is -1.77. The number of carbonyl (C=O) groups is 1. The van der Waals surface area contributed by atoms with Crippen LogP contribution in [0.3, 0.4) is 0 Å². The van der Waals surface area contributed by atoms with Gasteiger partial charge >= 0.3 is 12.3 Å². The minimum atomic E-state index is -4.47. The van der Waals surface area contributed by atoms with Crippen LogP contribution < -0.4 is 0 Å². The van der Waals surface area contributed by atoms with Crippen molar-refractivity contribution in [2.75, 3.05) is 26.3 Å². The lowest BCUT2D eigenvalue weighted by Gasteiger charge is -2.42. The van der Waals surface area contributed by atoms with Crippen molar-refractivity contribution in [1.82, 2.24) is 9.88 Å². The molecule has 3 aromatic rings. The molecule has 38 heavy (non-hydrogen) atoms. The lowest BCUT2D eigenvalue weighted by molar-refractivity contribution is -0.136. The highest BCUT2D eigenvalue weighted by Gasteiger charge is 2.39. The van der Waals surface area contributed by atoms with Crippen LogP contribution in [0.2, 0.25) is 0 Å². The van der Waals surface area contributed by atoms with Crippen LogP contribution in [0.25, 0.3) is 10.9 Å². The van der Waals surface area contributed by atoms with Gasteiger partial charge in [0.05, 0.1) is 24.3 Å². The Morgan fingerprint density at radius 1 is 1.03 bits per heavy atom. The molecule has 1 aliphatic heterocycles. The van der Waals surface area contributed by atoms with Crippen molar-refractivity contribution >= 4 is 17.0 Å². The summed E-state index contributed by atoms with van der Waals surface area (Å²) in [5.41, 5.74) is 0.158. The molecule has 2 aromatic carbocycles. The third-order valence-electron chi connectivity index (χ3n) is 6.88. The number of aromatic nitrogens is 1. The maximum atomic E-state index is 13.7. The van der Waals surface area contributed by atoms with Crippen molar-refractivity contribution in [1.29, 1.82) is 0 Å². The van der Waals surface area contributed by atoms with Crippen LogP contribution in [0.15, 0.2) is 54.7 Å². The number of halogens is 4. The normalized spacial score (nSPS) is 16.0. The van der Waals surface area contributed by atoms with Crippen molar-refractivity contribution in [2.45, 2.75) is 57.2 Å². The van der Waals surface area contributed by atoms with Gasteiger partial charge in [0.1, 0.15) is 11.4 Å². The van der Waals surface area contributed by atoms with Crippen LogP contribution >= 0.6 is 0 Å². The molecule has 9 heteroatoms. The van der Waals surface area contributed by atoms with E-state index in [1.165, 1.54) is 36.5 Å². The SMILES string of the molecule is CC(C)(C)OC(=O)N1CCC(COCCc2ccc(C(F)(F)F)c3cccnc23)(c2ccc(F)cc2)CC1. The molecule has 0 unspecified atom stereocenters. The molecular weight excluding hydrogens is 500 g/mol. The number of benzene rings is 2. The van der Waals surface area contributed by atoms with Gasteiger partial charge in [-0.25, -0.2) is 9.18 Å². The van der Waals surface area contributed by atoms with Gasteiger partial charge in [-0.1, -0.05) is 24.3 Å². The van der Waals surface area contributed by atoms with Crippen LogP contribution in [0.5, 0.6) is 0 Å². The molecule has 0 N–H and O–H groups in total. The Bertz CT molecular complexity index is 1260. The second-order valence-corrected chi connectivity index (χ2v) is 10.7. The lowest BCUT2D eigenvalue weighted by atomic mass is 9.73. The van der Waals surface area contributed by atoms with Gasteiger partial charge in [-0.3, -0.25) is 4.98 Å². The maximum Gasteiger partial charge on any atom is 0.417 e. The number of fused-ring (bicyclic) bond motifs is 1. The van der Waals surface area contributed by atoms with E-state index in [1.807, 2.05) is 20.8 Å². The molecule has 1 aliphatic rings. The zero-order chi connectivity index (χ0) is 27.6. The summed E-state index contributed by atoms with van der Waals surface area (Å²) < 4.78 is 65.6. The Balaban J connectivity index is 1.46. The summed E-state index contributed by atoms with van der Waals surface area (Å²) in [6.45, 7) is 6.98. The molecule has 5 nitrogen and oxygen atoms in total. The third kappa shape index (κ3) is 6.43. The van der Waals surface area contributed by atoms with Crippen LogP contribution in [0.1, 0.15) is 50.3 Å². The number of ether oxygens (including phenoxy) is 2. The van der Waals surface area contributed by atoms with Gasteiger partial charge in [-0.15, -0.1) is 0 Å². The highest BCUT2D eigenvalue weighted by molar-refractivity contribution is 5.85. The average Bonchev–Trinajstić information content (AvgIpc) is 2.85. The Labute approximate surface area is 219 Å². The lowest BCUT2D eigenvalue weighted by Crippen LogP contribution is -2.48. The van der Waals surface area contributed by atoms with E-state index in [0.29, 0.717) is 50.0 Å². The first-order valence-electron chi connectivity index (χ1n) is 12.6. The summed E-state index contributed by atoms with van der Waals surface area (Å²) in [4.78, 5) is 18.4. The number of likely N-dealkylation sites (tertiary alicyclic amines) is 1. The molecule has 0 bridgehead atoms. The van der Waals surface area contributed by atoms with Crippen LogP contribution in [-0.2, 0) is 27.5 Å². The molecule has 204 valence electrons. The van der Waals surface area contributed by atoms with Gasteiger partial charge in [0.25, 0.3) is 0 Å². The third-order valence-corrected chi connectivity index (χ3v) is 6.88. The number of hydrogen-bond donors (Lipinski definition) is 0. The molecular formula is C29H32F4N2O3. The van der Waals surface area contributed by atoms with E-state index in [2.05, 4.69) is 4.98 Å². The van der Waals surface area contributed by atoms with Gasteiger partial charge in [-0.05, 0) is 75.4 Å². The topological polar surface area (TPSA) is 51.7 Å². The number of rotatable bonds is 6. The first-order valence-corrected chi connectivity index (χ1v) is 12.6. The standard InChI is InChI=1S/C29H32F4N2O3/c1-27(2,3)38-26(36)35-16-13-28(14-17-35,21-7-9-22(30)10-8-21)19-37-18-12-20-6-11-24(29(31,32)33)23-5-4-15-34-25(20)23/h4-11,15H,12-14,16-19H2,1-3H3. The molecule has 1 fully saturated rings. The number of alkyl halides is 3. The Hall–Kier alpha value is -3.20. The number of nitrogens with zero attached hydrogens (tertiary/aromatic N) is 2. The first-order chi connectivity index (χ1) is 17.9. The van der Waals surface area contributed by atoms with E-state index in [4.69, 9.17) is 9.47 Å². The predicted molar refractivity (Wildman–Crippen MR) is 136 cm³/mol. The number of amides is 1. The Morgan fingerprint density at radius 2 is 1.71 bits per heavy atom. The van der Waals surface area contributed by atoms with E-state index in [1.54, 1.807) is 17.0 Å². The Kier molecular flexibility index (Phi) is 7.97. The van der Waals surface area contributed by atoms with Crippen molar-refractivity contribution in [3.05, 3.63) is 77.2 Å². The fourth-order valence-electron chi connectivity index (χ4n) is 4.89. The fourth-order valence-corrected chi connectivity index (χ4v) is 4.89. The molecule has 0 saturated carbocycles. The minimum absolute atomic E-state index is 0.0646. The molecule has 4 rings (SSSR count). The van der Waals surface area contributed by atoms with E-state index in [0.717, 1.165) is 11.6 Å². The van der Waals surface area contributed by atoms with Gasteiger partial charge in [0.15, 0.2) is 0 Å². The minimum Gasteiger partial charge on any atom is -0.444 e. The van der Waals surface area contributed by atoms with E-state index >= 15 is 0 Å². The second-order valence-electron chi connectivity index (χ2n) is 10.7. The molecule has 0 atom stereocenters. The molecule has 1 aromatic heterocycles. The van der Waals surface area contributed by atoms with E-state index in [9.17, 15) is 22.4 Å². The van der Waals surface area contributed by atoms with Crippen molar-refractivity contribution in [3.63, 3.8) is 0 Å². The second kappa shape index (κ2) is 10.9. The summed E-state index contributed by atoms with van der Waals surface area (Å²) in [7, 11) is 0. The average molecular weight is 533 g/mol. The van der Waals surface area contributed by atoms with Gasteiger partial charge in [0, 0.05) is 30.1 Å². The number of piperidine rings is 1. The first kappa shape index (κ1) is 27.8. The fraction of sp³-hybridized carbons (Fsp3) is 0.448. The number of pyridine rings is 1. The number of carbonyl (C=O) groups excluding carboxylic acids is 1. The molecule has 1 amide bonds. The van der Waals surface area contributed by atoms with Crippen LogP contribution in [-0.4, -0.2) is 47.9 Å². The predicted octanol–water partition coefficient (Wildman–Crippen LogP) is 6.92. The van der Waals surface area contributed by atoms with Gasteiger partial charge in [0.2, 0.25) is 0 Å². The zero-order valence-electron chi connectivity index (χ0n) is 21.8. The monoisotopic (exact) mass is 532 g/mol. The highest BCUT2D eigenvalue weighted by Crippen LogP contribution is 2.37. The summed E-state index contributed by atoms with van der Waals surface area (Å²) in [5, 5.41) is 0.0646. The van der Waals surface area contributed by atoms with Gasteiger partial charge < -0.3 is 14.4 Å². The molecule has 0 radical (unpaired) electrons. The highest BCUT2D eigenvalue weighted by atomic mass is 19.4. The summed E-state index contributed by atoms with van der Waals surface area (Å²) in [6, 6.07) is 11.8. The van der Waals surface area contributed by atoms with Crippen molar-refractivity contribution in [3.8, 4) is 0 Å². The summed E-state index contributed by atoms with van der Waals surface area (Å²) >= 11 is 0. The molecule has 2 heterocycles.